The monoisotopic (exact) mass is 195 g/mol. The minimum atomic E-state index is -0.425. The molecule has 0 heterocycles. The maximum Gasteiger partial charge on any atom is 0.407 e. The number of allylic oxidation sites excluding steroid dienone is 2. The fourth-order valence-corrected chi connectivity index (χ4v) is 1.13. The standard InChI is InChI=1S/C11H17NO2/c1-11(2,3)14-10(13)12-8-9-6-4-5-7-9/h4-7,9H,8H2,1-3H3,(H,12,13). The molecule has 0 fully saturated rings. The lowest BCUT2D eigenvalue weighted by atomic mass is 10.2. The van der Waals surface area contributed by atoms with Gasteiger partial charge in [0.2, 0.25) is 0 Å². The molecule has 0 saturated heterocycles. The largest absolute Gasteiger partial charge is 0.444 e. The minimum absolute atomic E-state index is 0.308. The quantitative estimate of drug-likeness (QED) is 0.734. The summed E-state index contributed by atoms with van der Waals surface area (Å²) in [7, 11) is 0. The zero-order chi connectivity index (χ0) is 10.6. The molecule has 0 aromatic carbocycles. The van der Waals surface area contributed by atoms with Crippen molar-refractivity contribution < 1.29 is 9.53 Å². The number of hydrogen-bond acceptors (Lipinski definition) is 2. The van der Waals surface area contributed by atoms with Crippen LogP contribution in [0.5, 0.6) is 0 Å². The molecular weight excluding hydrogens is 178 g/mol. The third kappa shape index (κ3) is 4.12. The maximum absolute atomic E-state index is 11.2. The molecular formula is C11H17NO2. The molecule has 3 heteroatoms. The lowest BCUT2D eigenvalue weighted by molar-refractivity contribution is 0.0525. The SMILES string of the molecule is CC(C)(C)OC(=O)NCC1C=CC=C1. The zero-order valence-corrected chi connectivity index (χ0v) is 8.91. The molecule has 78 valence electrons. The molecule has 0 spiro atoms. The highest BCUT2D eigenvalue weighted by Gasteiger charge is 2.16. The summed E-state index contributed by atoms with van der Waals surface area (Å²) < 4.78 is 5.10. The number of hydrogen-bond donors (Lipinski definition) is 1. The van der Waals surface area contributed by atoms with E-state index in [1.165, 1.54) is 0 Å². The number of rotatable bonds is 2. The molecule has 0 aliphatic heterocycles. The normalized spacial score (nSPS) is 15.9. The summed E-state index contributed by atoms with van der Waals surface area (Å²) in [4.78, 5) is 11.2. The second kappa shape index (κ2) is 4.31. The van der Waals surface area contributed by atoms with Gasteiger partial charge in [-0.1, -0.05) is 24.3 Å². The van der Waals surface area contributed by atoms with E-state index in [4.69, 9.17) is 4.74 Å². The Hall–Kier alpha value is -1.25. The molecule has 14 heavy (non-hydrogen) atoms. The van der Waals surface area contributed by atoms with Gasteiger partial charge in [0.25, 0.3) is 0 Å². The molecule has 0 aromatic heterocycles. The van der Waals surface area contributed by atoms with E-state index >= 15 is 0 Å². The summed E-state index contributed by atoms with van der Waals surface area (Å²) in [6.45, 7) is 6.15. The van der Waals surface area contributed by atoms with Crippen LogP contribution in [0.2, 0.25) is 0 Å². The van der Waals surface area contributed by atoms with Crippen LogP contribution in [-0.4, -0.2) is 18.2 Å². The molecule has 0 unspecified atom stereocenters. The smallest absolute Gasteiger partial charge is 0.407 e. The van der Waals surface area contributed by atoms with E-state index in [1.807, 2.05) is 45.1 Å². The first-order valence-electron chi connectivity index (χ1n) is 4.79. The van der Waals surface area contributed by atoms with Gasteiger partial charge in [-0.2, -0.15) is 0 Å². The van der Waals surface area contributed by atoms with Gasteiger partial charge in [-0.05, 0) is 20.8 Å². The number of amides is 1. The Kier molecular flexibility index (Phi) is 3.33. The van der Waals surface area contributed by atoms with Gasteiger partial charge in [0.1, 0.15) is 5.60 Å². The van der Waals surface area contributed by atoms with Crippen molar-refractivity contribution in [2.75, 3.05) is 6.54 Å². The lowest BCUT2D eigenvalue weighted by Gasteiger charge is -2.20. The fraction of sp³-hybridized carbons (Fsp3) is 0.545. The van der Waals surface area contributed by atoms with Gasteiger partial charge in [-0.25, -0.2) is 4.79 Å². The fourth-order valence-electron chi connectivity index (χ4n) is 1.13. The van der Waals surface area contributed by atoms with Crippen LogP contribution >= 0.6 is 0 Å². The third-order valence-electron chi connectivity index (χ3n) is 1.71. The van der Waals surface area contributed by atoms with Gasteiger partial charge < -0.3 is 10.1 Å². The second-order valence-electron chi connectivity index (χ2n) is 4.32. The minimum Gasteiger partial charge on any atom is -0.444 e. The predicted octanol–water partition coefficient (Wildman–Crippen LogP) is 2.25. The highest BCUT2D eigenvalue weighted by molar-refractivity contribution is 5.67. The number of nitrogens with one attached hydrogen (secondary N) is 1. The first-order chi connectivity index (χ1) is 6.47. The van der Waals surface area contributed by atoms with Crippen molar-refractivity contribution in [3.63, 3.8) is 0 Å². The zero-order valence-electron chi connectivity index (χ0n) is 8.91. The number of carbonyl (C=O) groups excluding carboxylic acids is 1. The van der Waals surface area contributed by atoms with Gasteiger partial charge in [0.05, 0.1) is 0 Å². The first kappa shape index (κ1) is 10.8. The Morgan fingerprint density at radius 2 is 1.93 bits per heavy atom. The van der Waals surface area contributed by atoms with Crippen LogP contribution in [0, 0.1) is 5.92 Å². The second-order valence-corrected chi connectivity index (χ2v) is 4.32. The van der Waals surface area contributed by atoms with Crippen LogP contribution in [0.3, 0.4) is 0 Å². The van der Waals surface area contributed by atoms with E-state index in [-0.39, 0.29) is 6.09 Å². The van der Waals surface area contributed by atoms with Crippen molar-refractivity contribution in [3.8, 4) is 0 Å². The van der Waals surface area contributed by atoms with Gasteiger partial charge in [-0.3, -0.25) is 0 Å². The topological polar surface area (TPSA) is 38.3 Å². The number of carbonyl (C=O) groups is 1. The van der Waals surface area contributed by atoms with E-state index in [2.05, 4.69) is 5.32 Å². The van der Waals surface area contributed by atoms with Crippen molar-refractivity contribution in [2.45, 2.75) is 26.4 Å². The van der Waals surface area contributed by atoms with Gasteiger partial charge in [0.15, 0.2) is 0 Å². The van der Waals surface area contributed by atoms with Crippen LogP contribution in [0.1, 0.15) is 20.8 Å². The Bertz CT molecular complexity index is 249. The summed E-state index contributed by atoms with van der Waals surface area (Å²) in [5, 5.41) is 2.72. The Labute approximate surface area is 84.8 Å². The van der Waals surface area contributed by atoms with Gasteiger partial charge in [0, 0.05) is 12.5 Å². The molecule has 1 aliphatic carbocycles. The molecule has 3 nitrogen and oxygen atoms in total. The summed E-state index contributed by atoms with van der Waals surface area (Å²) >= 11 is 0. The maximum atomic E-state index is 11.2. The molecule has 1 aliphatic rings. The van der Waals surface area contributed by atoms with E-state index in [0.717, 1.165) is 0 Å². The van der Waals surface area contributed by atoms with Crippen molar-refractivity contribution in [1.82, 2.24) is 5.32 Å². The van der Waals surface area contributed by atoms with E-state index in [1.54, 1.807) is 0 Å². The molecule has 1 rings (SSSR count). The molecule has 1 N–H and O–H groups in total. The summed E-state index contributed by atoms with van der Waals surface area (Å²) in [5.74, 6) is 0.308. The average Bonchev–Trinajstić information content (AvgIpc) is 2.49. The summed E-state index contributed by atoms with van der Waals surface area (Å²) in [6.07, 6.45) is 7.67. The van der Waals surface area contributed by atoms with Crippen LogP contribution in [-0.2, 0) is 4.74 Å². The molecule has 1 amide bonds. The van der Waals surface area contributed by atoms with Crippen LogP contribution in [0.4, 0.5) is 4.79 Å². The van der Waals surface area contributed by atoms with Gasteiger partial charge >= 0.3 is 6.09 Å². The third-order valence-corrected chi connectivity index (χ3v) is 1.71. The van der Waals surface area contributed by atoms with E-state index in [0.29, 0.717) is 12.5 Å². The molecule has 0 bridgehead atoms. The van der Waals surface area contributed by atoms with Crippen molar-refractivity contribution >= 4 is 6.09 Å². The van der Waals surface area contributed by atoms with Crippen LogP contribution < -0.4 is 5.32 Å². The molecule has 0 atom stereocenters. The number of alkyl carbamates (subject to hydrolysis) is 1. The van der Waals surface area contributed by atoms with Gasteiger partial charge in [-0.15, -0.1) is 0 Å². The Morgan fingerprint density at radius 3 is 2.43 bits per heavy atom. The summed E-state index contributed by atoms with van der Waals surface area (Å²) in [6, 6.07) is 0. The predicted molar refractivity (Wildman–Crippen MR) is 56.0 cm³/mol. The molecule has 0 saturated carbocycles. The highest BCUT2D eigenvalue weighted by atomic mass is 16.6. The van der Waals surface area contributed by atoms with Crippen molar-refractivity contribution in [2.24, 2.45) is 5.92 Å². The lowest BCUT2D eigenvalue weighted by Crippen LogP contribution is -2.34. The molecule has 0 aromatic rings. The van der Waals surface area contributed by atoms with Crippen LogP contribution in [0.15, 0.2) is 24.3 Å². The van der Waals surface area contributed by atoms with E-state index in [9.17, 15) is 4.79 Å². The van der Waals surface area contributed by atoms with Crippen molar-refractivity contribution in [1.29, 1.82) is 0 Å². The van der Waals surface area contributed by atoms with Crippen LogP contribution in [0.25, 0.3) is 0 Å². The Morgan fingerprint density at radius 1 is 1.36 bits per heavy atom. The molecule has 0 radical (unpaired) electrons. The average molecular weight is 195 g/mol. The highest BCUT2D eigenvalue weighted by Crippen LogP contribution is 2.09. The number of ether oxygens (including phenoxy) is 1. The first-order valence-corrected chi connectivity index (χ1v) is 4.79. The Balaban J connectivity index is 2.21. The van der Waals surface area contributed by atoms with E-state index < -0.39 is 5.60 Å². The summed E-state index contributed by atoms with van der Waals surface area (Å²) in [5.41, 5.74) is -0.425. The van der Waals surface area contributed by atoms with Crippen molar-refractivity contribution in [3.05, 3.63) is 24.3 Å².